The predicted molar refractivity (Wildman–Crippen MR) is 124 cm³/mol. The van der Waals surface area contributed by atoms with Gasteiger partial charge in [0.15, 0.2) is 5.96 Å². The Morgan fingerprint density at radius 2 is 2.00 bits per heavy atom. The lowest BCUT2D eigenvalue weighted by Gasteiger charge is -2.35. The third kappa shape index (κ3) is 7.73. The van der Waals surface area contributed by atoms with Gasteiger partial charge in [-0.1, -0.05) is 37.6 Å². The lowest BCUT2D eigenvalue weighted by molar-refractivity contribution is -0.123. The number of amides is 1. The van der Waals surface area contributed by atoms with Crippen molar-refractivity contribution in [3.8, 4) is 0 Å². The number of para-hydroxylation sites is 1. The molecule has 1 heterocycles. The van der Waals surface area contributed by atoms with Crippen molar-refractivity contribution >= 4 is 53.1 Å². The highest BCUT2D eigenvalue weighted by atomic mass is 127. The number of rotatable bonds is 6. The molecule has 2 rings (SSSR count). The summed E-state index contributed by atoms with van der Waals surface area (Å²) in [6.45, 7) is 6.88. The molecule has 27 heavy (non-hydrogen) atoms. The Balaban J connectivity index is 0.00000364. The highest BCUT2D eigenvalue weighted by molar-refractivity contribution is 14.0. The number of carbonyl (C=O) groups excluding carboxylic acids is 1. The van der Waals surface area contributed by atoms with Crippen LogP contribution < -0.4 is 20.9 Å². The molecule has 0 aromatic heterocycles. The second kappa shape index (κ2) is 12.3. The standard InChI is InChI=1S/C19H30ClN5O.HI/c1-14(2)18(26)22-10-11-23-19(21-3)24-15-7-6-12-25(13-15)17-9-5-4-8-16(17)20;/h4-5,8-9,14-15H,6-7,10-13H2,1-3H3,(H,22,26)(H2,21,23,24);1H. The van der Waals surface area contributed by atoms with Crippen LogP contribution in [-0.2, 0) is 4.79 Å². The Kier molecular flexibility index (Phi) is 10.8. The molecule has 1 atom stereocenters. The number of carbonyl (C=O) groups is 1. The van der Waals surface area contributed by atoms with E-state index in [4.69, 9.17) is 11.6 Å². The SMILES string of the molecule is CN=C(NCCNC(=O)C(C)C)NC1CCCN(c2ccccc2Cl)C1.I. The number of nitrogens with one attached hydrogen (secondary N) is 3. The molecule has 0 spiro atoms. The second-order valence-corrected chi connectivity index (χ2v) is 7.23. The van der Waals surface area contributed by atoms with Crippen LogP contribution in [-0.4, -0.2) is 51.1 Å². The monoisotopic (exact) mass is 507 g/mol. The molecule has 1 unspecified atom stereocenters. The maximum absolute atomic E-state index is 11.6. The van der Waals surface area contributed by atoms with Crippen LogP contribution in [0.1, 0.15) is 26.7 Å². The summed E-state index contributed by atoms with van der Waals surface area (Å²) in [5.74, 6) is 0.831. The van der Waals surface area contributed by atoms with Crippen molar-refractivity contribution in [3.05, 3.63) is 29.3 Å². The number of halogens is 2. The first kappa shape index (κ1) is 23.8. The van der Waals surface area contributed by atoms with Crippen LogP contribution in [0.2, 0.25) is 5.02 Å². The number of nitrogens with zero attached hydrogens (tertiary/aromatic N) is 2. The number of hydrogen-bond donors (Lipinski definition) is 3. The van der Waals surface area contributed by atoms with E-state index in [1.54, 1.807) is 7.05 Å². The number of piperidine rings is 1. The minimum absolute atomic E-state index is 0. The molecule has 1 aliphatic rings. The third-order valence-corrected chi connectivity index (χ3v) is 4.74. The highest BCUT2D eigenvalue weighted by Gasteiger charge is 2.22. The van der Waals surface area contributed by atoms with Crippen LogP contribution in [0, 0.1) is 5.92 Å². The predicted octanol–water partition coefficient (Wildman–Crippen LogP) is 2.86. The first-order valence-electron chi connectivity index (χ1n) is 9.25. The van der Waals surface area contributed by atoms with E-state index in [2.05, 4.69) is 31.9 Å². The third-order valence-electron chi connectivity index (χ3n) is 4.42. The minimum Gasteiger partial charge on any atom is -0.368 e. The Bertz CT molecular complexity index is 626. The van der Waals surface area contributed by atoms with Crippen LogP contribution in [0.25, 0.3) is 0 Å². The summed E-state index contributed by atoms with van der Waals surface area (Å²) in [7, 11) is 1.76. The Hall–Kier alpha value is -1.22. The van der Waals surface area contributed by atoms with E-state index in [9.17, 15) is 4.79 Å². The second-order valence-electron chi connectivity index (χ2n) is 6.83. The molecule has 1 aromatic carbocycles. The van der Waals surface area contributed by atoms with Gasteiger partial charge >= 0.3 is 0 Å². The van der Waals surface area contributed by atoms with Gasteiger partial charge in [0.05, 0.1) is 10.7 Å². The van der Waals surface area contributed by atoms with E-state index in [0.29, 0.717) is 19.1 Å². The fraction of sp³-hybridized carbons (Fsp3) is 0.579. The molecule has 1 amide bonds. The molecule has 1 saturated heterocycles. The van der Waals surface area contributed by atoms with E-state index in [1.165, 1.54) is 0 Å². The van der Waals surface area contributed by atoms with E-state index in [0.717, 1.165) is 42.6 Å². The van der Waals surface area contributed by atoms with E-state index in [1.807, 2.05) is 32.0 Å². The summed E-state index contributed by atoms with van der Waals surface area (Å²) in [5, 5.41) is 10.4. The molecule has 0 saturated carbocycles. The minimum atomic E-state index is 0. The molecule has 152 valence electrons. The van der Waals surface area contributed by atoms with Gasteiger partial charge in [-0.05, 0) is 25.0 Å². The molecule has 0 aliphatic carbocycles. The lowest BCUT2D eigenvalue weighted by atomic mass is 10.0. The summed E-state index contributed by atoms with van der Waals surface area (Å²) >= 11 is 6.34. The van der Waals surface area contributed by atoms with Gasteiger partial charge in [0.2, 0.25) is 5.91 Å². The summed E-state index contributed by atoms with van der Waals surface area (Å²) in [6.07, 6.45) is 2.19. The number of benzene rings is 1. The zero-order valence-corrected chi connectivity index (χ0v) is 19.4. The van der Waals surface area contributed by atoms with Gasteiger partial charge in [-0.3, -0.25) is 9.79 Å². The molecule has 6 nitrogen and oxygen atoms in total. The van der Waals surface area contributed by atoms with Crippen LogP contribution in [0.5, 0.6) is 0 Å². The van der Waals surface area contributed by atoms with Crippen LogP contribution in [0.3, 0.4) is 0 Å². The Labute approximate surface area is 184 Å². The van der Waals surface area contributed by atoms with Crippen molar-refractivity contribution in [2.45, 2.75) is 32.7 Å². The average Bonchev–Trinajstić information content (AvgIpc) is 2.64. The molecule has 8 heteroatoms. The molecule has 0 bridgehead atoms. The van der Waals surface area contributed by atoms with Crippen molar-refractivity contribution in [2.24, 2.45) is 10.9 Å². The summed E-state index contributed by atoms with van der Waals surface area (Å²) in [5.41, 5.74) is 1.08. The largest absolute Gasteiger partial charge is 0.368 e. The molecule has 0 radical (unpaired) electrons. The number of anilines is 1. The smallest absolute Gasteiger partial charge is 0.222 e. The summed E-state index contributed by atoms with van der Waals surface area (Å²) < 4.78 is 0. The van der Waals surface area contributed by atoms with Gasteiger partial charge in [-0.2, -0.15) is 0 Å². The maximum Gasteiger partial charge on any atom is 0.222 e. The molecular weight excluding hydrogens is 477 g/mol. The van der Waals surface area contributed by atoms with Crippen molar-refractivity contribution in [1.82, 2.24) is 16.0 Å². The van der Waals surface area contributed by atoms with Gasteiger partial charge in [-0.25, -0.2) is 0 Å². The summed E-state index contributed by atoms with van der Waals surface area (Å²) in [6, 6.07) is 8.27. The van der Waals surface area contributed by atoms with Gasteiger partial charge < -0.3 is 20.9 Å². The summed E-state index contributed by atoms with van der Waals surface area (Å²) in [4.78, 5) is 18.2. The average molecular weight is 508 g/mol. The lowest BCUT2D eigenvalue weighted by Crippen LogP contribution is -2.52. The molecule has 1 fully saturated rings. The number of hydrogen-bond acceptors (Lipinski definition) is 3. The van der Waals surface area contributed by atoms with Crippen molar-refractivity contribution in [3.63, 3.8) is 0 Å². The van der Waals surface area contributed by atoms with Crippen molar-refractivity contribution in [2.75, 3.05) is 38.1 Å². The maximum atomic E-state index is 11.6. The van der Waals surface area contributed by atoms with Gasteiger partial charge in [0.1, 0.15) is 0 Å². The number of guanidine groups is 1. The van der Waals surface area contributed by atoms with Crippen molar-refractivity contribution in [1.29, 1.82) is 0 Å². The zero-order chi connectivity index (χ0) is 18.9. The Morgan fingerprint density at radius 3 is 2.67 bits per heavy atom. The van der Waals surface area contributed by atoms with E-state index < -0.39 is 0 Å². The van der Waals surface area contributed by atoms with Gasteiger partial charge in [-0.15, -0.1) is 24.0 Å². The Morgan fingerprint density at radius 1 is 1.30 bits per heavy atom. The first-order valence-corrected chi connectivity index (χ1v) is 9.63. The normalized spacial score (nSPS) is 17.3. The highest BCUT2D eigenvalue weighted by Crippen LogP contribution is 2.27. The quantitative estimate of drug-likeness (QED) is 0.240. The van der Waals surface area contributed by atoms with E-state index in [-0.39, 0.29) is 35.8 Å². The van der Waals surface area contributed by atoms with Gasteiger partial charge in [0, 0.05) is 45.2 Å². The van der Waals surface area contributed by atoms with Gasteiger partial charge in [0.25, 0.3) is 0 Å². The fourth-order valence-electron chi connectivity index (χ4n) is 2.98. The van der Waals surface area contributed by atoms with Crippen LogP contribution in [0.4, 0.5) is 5.69 Å². The van der Waals surface area contributed by atoms with Crippen LogP contribution in [0.15, 0.2) is 29.3 Å². The molecule has 1 aliphatic heterocycles. The molecular formula is C19H31ClIN5O. The van der Waals surface area contributed by atoms with Crippen molar-refractivity contribution < 1.29 is 4.79 Å². The number of aliphatic imine (C=N–C) groups is 1. The fourth-order valence-corrected chi connectivity index (χ4v) is 3.24. The molecule has 3 N–H and O–H groups in total. The van der Waals surface area contributed by atoms with E-state index >= 15 is 0 Å². The van der Waals surface area contributed by atoms with Crippen LogP contribution >= 0.6 is 35.6 Å². The zero-order valence-electron chi connectivity index (χ0n) is 16.3. The first-order chi connectivity index (χ1) is 12.5. The molecule has 1 aromatic rings. The topological polar surface area (TPSA) is 68.8 Å².